The number of carbonyl (C=O) groups excluding carboxylic acids is 1. The molecule has 0 radical (unpaired) electrons. The molecule has 0 unspecified atom stereocenters. The van der Waals surface area contributed by atoms with E-state index in [0.717, 1.165) is 37.6 Å². The van der Waals surface area contributed by atoms with E-state index in [9.17, 15) is 13.6 Å². The van der Waals surface area contributed by atoms with E-state index >= 15 is 0 Å². The Hall–Kier alpha value is -1.29. The highest BCUT2D eigenvalue weighted by molar-refractivity contribution is 5.96. The van der Waals surface area contributed by atoms with Gasteiger partial charge in [0.2, 0.25) is 0 Å². The Labute approximate surface area is 107 Å². The molecule has 0 saturated carbocycles. The van der Waals surface area contributed by atoms with Crippen LogP contribution in [0.1, 0.15) is 36.5 Å². The molecule has 0 N–H and O–H groups in total. The van der Waals surface area contributed by atoms with Crippen molar-refractivity contribution in [2.24, 2.45) is 0 Å². The molecule has 1 aromatic rings. The van der Waals surface area contributed by atoms with E-state index in [1.165, 1.54) is 0 Å². The van der Waals surface area contributed by atoms with E-state index in [2.05, 4.69) is 11.8 Å². The van der Waals surface area contributed by atoms with Gasteiger partial charge in [-0.3, -0.25) is 4.79 Å². The molecule has 0 saturated heterocycles. The molecule has 0 fully saturated rings. The van der Waals surface area contributed by atoms with Crippen LogP contribution in [0.3, 0.4) is 0 Å². The normalized spacial score (nSPS) is 10.9. The topological polar surface area (TPSA) is 20.3 Å². The third kappa shape index (κ3) is 4.92. The molecule has 4 heteroatoms. The Morgan fingerprint density at radius 2 is 1.78 bits per heavy atom. The fourth-order valence-corrected chi connectivity index (χ4v) is 1.69. The number of hydrogen-bond acceptors (Lipinski definition) is 2. The van der Waals surface area contributed by atoms with Crippen LogP contribution in [0.4, 0.5) is 8.78 Å². The van der Waals surface area contributed by atoms with Crippen molar-refractivity contribution in [3.8, 4) is 0 Å². The molecule has 0 atom stereocenters. The summed E-state index contributed by atoms with van der Waals surface area (Å²) in [5, 5.41) is 0. The molecule has 1 aromatic carbocycles. The molecule has 0 heterocycles. The van der Waals surface area contributed by atoms with Gasteiger partial charge in [-0.15, -0.1) is 0 Å². The van der Waals surface area contributed by atoms with Crippen LogP contribution >= 0.6 is 0 Å². The van der Waals surface area contributed by atoms with Crippen molar-refractivity contribution in [2.75, 3.05) is 20.1 Å². The van der Waals surface area contributed by atoms with Crippen molar-refractivity contribution in [1.82, 2.24) is 4.90 Å². The van der Waals surface area contributed by atoms with Gasteiger partial charge >= 0.3 is 0 Å². The molecule has 0 aliphatic carbocycles. The largest absolute Gasteiger partial charge is 0.306 e. The van der Waals surface area contributed by atoms with Crippen LogP contribution in [0, 0.1) is 11.6 Å². The van der Waals surface area contributed by atoms with Gasteiger partial charge in [0.1, 0.15) is 11.6 Å². The van der Waals surface area contributed by atoms with Gasteiger partial charge < -0.3 is 4.90 Å². The average Bonchev–Trinajstić information content (AvgIpc) is 2.32. The second-order valence-electron chi connectivity index (χ2n) is 4.49. The Bertz CT molecular complexity index is 387. The summed E-state index contributed by atoms with van der Waals surface area (Å²) in [6.45, 7) is 3.65. The first-order chi connectivity index (χ1) is 8.52. The molecule has 2 nitrogen and oxygen atoms in total. The van der Waals surface area contributed by atoms with E-state index in [0.29, 0.717) is 6.54 Å². The summed E-state index contributed by atoms with van der Waals surface area (Å²) in [4.78, 5) is 13.8. The Kier molecular flexibility index (Phi) is 5.92. The third-order valence-electron chi connectivity index (χ3n) is 2.80. The van der Waals surface area contributed by atoms with Gasteiger partial charge in [-0.2, -0.15) is 0 Å². The summed E-state index contributed by atoms with van der Waals surface area (Å²) in [6, 6.07) is 2.93. The van der Waals surface area contributed by atoms with Crippen molar-refractivity contribution in [1.29, 1.82) is 0 Å². The lowest BCUT2D eigenvalue weighted by Gasteiger charge is -2.15. The third-order valence-corrected chi connectivity index (χ3v) is 2.80. The maximum atomic E-state index is 13.0. The summed E-state index contributed by atoms with van der Waals surface area (Å²) in [5.41, 5.74) is 0.108. The van der Waals surface area contributed by atoms with E-state index in [1.54, 1.807) is 0 Å². The standard InChI is InChI=1S/C14H19F2NO/c1-3-4-6-17(2)7-5-14(18)11-8-12(15)10-13(16)9-11/h8-10H,3-7H2,1-2H3. The van der Waals surface area contributed by atoms with Gasteiger partial charge in [-0.1, -0.05) is 13.3 Å². The monoisotopic (exact) mass is 255 g/mol. The van der Waals surface area contributed by atoms with Crippen molar-refractivity contribution in [2.45, 2.75) is 26.2 Å². The first-order valence-corrected chi connectivity index (χ1v) is 6.20. The zero-order valence-electron chi connectivity index (χ0n) is 10.9. The molecular weight excluding hydrogens is 236 g/mol. The van der Waals surface area contributed by atoms with Crippen molar-refractivity contribution < 1.29 is 13.6 Å². The van der Waals surface area contributed by atoms with E-state index in [1.807, 2.05) is 7.05 Å². The highest BCUT2D eigenvalue weighted by atomic mass is 19.1. The minimum absolute atomic E-state index is 0.108. The van der Waals surface area contributed by atoms with Gasteiger partial charge in [-0.05, 0) is 32.1 Å². The molecule has 0 aliphatic rings. The molecule has 0 spiro atoms. The summed E-state index contributed by atoms with van der Waals surface area (Å²) < 4.78 is 25.9. The van der Waals surface area contributed by atoms with Crippen LogP contribution in [0.15, 0.2) is 18.2 Å². The van der Waals surface area contributed by atoms with Crippen molar-refractivity contribution >= 4 is 5.78 Å². The second kappa shape index (κ2) is 7.21. The number of hydrogen-bond donors (Lipinski definition) is 0. The van der Waals surface area contributed by atoms with Gasteiger partial charge in [0, 0.05) is 24.6 Å². The van der Waals surface area contributed by atoms with E-state index in [-0.39, 0.29) is 17.8 Å². The van der Waals surface area contributed by atoms with Crippen molar-refractivity contribution in [3.63, 3.8) is 0 Å². The number of rotatable bonds is 7. The molecule has 0 aromatic heterocycles. The fraction of sp³-hybridized carbons (Fsp3) is 0.500. The number of unbranched alkanes of at least 4 members (excludes halogenated alkanes) is 1. The number of benzene rings is 1. The number of nitrogens with zero attached hydrogens (tertiary/aromatic N) is 1. The SMILES string of the molecule is CCCCN(C)CCC(=O)c1cc(F)cc(F)c1. The first kappa shape index (κ1) is 14.8. The lowest BCUT2D eigenvalue weighted by atomic mass is 10.1. The van der Waals surface area contributed by atoms with Gasteiger partial charge in [0.05, 0.1) is 0 Å². The van der Waals surface area contributed by atoms with Gasteiger partial charge in [0.15, 0.2) is 5.78 Å². The highest BCUT2D eigenvalue weighted by Crippen LogP contribution is 2.10. The average molecular weight is 255 g/mol. The number of carbonyl (C=O) groups is 1. The maximum Gasteiger partial charge on any atom is 0.164 e. The van der Waals surface area contributed by atoms with Gasteiger partial charge in [0.25, 0.3) is 0 Å². The number of halogens is 2. The van der Waals surface area contributed by atoms with Crippen LogP contribution in [0.5, 0.6) is 0 Å². The predicted octanol–water partition coefficient (Wildman–Crippen LogP) is 3.27. The Morgan fingerprint density at radius 3 is 2.33 bits per heavy atom. The maximum absolute atomic E-state index is 13.0. The lowest BCUT2D eigenvalue weighted by molar-refractivity contribution is 0.0968. The van der Waals surface area contributed by atoms with Crippen LogP contribution < -0.4 is 0 Å². The summed E-state index contributed by atoms with van der Waals surface area (Å²) in [5.74, 6) is -1.65. The quantitative estimate of drug-likeness (QED) is 0.697. The fourth-order valence-electron chi connectivity index (χ4n) is 1.69. The smallest absolute Gasteiger partial charge is 0.164 e. The number of Topliss-reactive ketones (excluding diaryl/α,β-unsaturated/α-hetero) is 1. The molecule has 0 bridgehead atoms. The molecule has 0 amide bonds. The molecule has 1 rings (SSSR count). The van der Waals surface area contributed by atoms with Crippen LogP contribution in [-0.2, 0) is 0 Å². The highest BCUT2D eigenvalue weighted by Gasteiger charge is 2.10. The van der Waals surface area contributed by atoms with Crippen LogP contribution in [0.2, 0.25) is 0 Å². The zero-order valence-corrected chi connectivity index (χ0v) is 10.9. The minimum atomic E-state index is -0.710. The van der Waals surface area contributed by atoms with Crippen molar-refractivity contribution in [3.05, 3.63) is 35.4 Å². The lowest BCUT2D eigenvalue weighted by Crippen LogP contribution is -2.23. The minimum Gasteiger partial charge on any atom is -0.306 e. The molecule has 100 valence electrons. The zero-order chi connectivity index (χ0) is 13.5. The Balaban J connectivity index is 2.50. The van der Waals surface area contributed by atoms with Crippen LogP contribution in [0.25, 0.3) is 0 Å². The van der Waals surface area contributed by atoms with Gasteiger partial charge in [-0.25, -0.2) is 8.78 Å². The van der Waals surface area contributed by atoms with Crippen LogP contribution in [-0.4, -0.2) is 30.8 Å². The van der Waals surface area contributed by atoms with E-state index in [4.69, 9.17) is 0 Å². The van der Waals surface area contributed by atoms with E-state index < -0.39 is 11.6 Å². The molecule has 0 aliphatic heterocycles. The molecular formula is C14H19F2NO. The second-order valence-corrected chi connectivity index (χ2v) is 4.49. The summed E-state index contributed by atoms with van der Waals surface area (Å²) in [6.07, 6.45) is 2.47. The number of ketones is 1. The Morgan fingerprint density at radius 1 is 1.17 bits per heavy atom. The first-order valence-electron chi connectivity index (χ1n) is 6.20. The summed E-state index contributed by atoms with van der Waals surface area (Å²) >= 11 is 0. The molecule has 18 heavy (non-hydrogen) atoms. The summed E-state index contributed by atoms with van der Waals surface area (Å²) in [7, 11) is 1.94. The predicted molar refractivity (Wildman–Crippen MR) is 67.7 cm³/mol.